The third-order valence-corrected chi connectivity index (χ3v) is 4.56. The largest absolute Gasteiger partial charge is 0.390 e. The summed E-state index contributed by atoms with van der Waals surface area (Å²) < 4.78 is 5.43. The Morgan fingerprint density at radius 3 is 2.38 bits per heavy atom. The molecule has 0 aromatic heterocycles. The fraction of sp³-hybridized carbons (Fsp3) is 1.00. The van der Waals surface area contributed by atoms with E-state index in [1.807, 2.05) is 6.92 Å². The van der Waals surface area contributed by atoms with E-state index in [1.54, 1.807) is 7.11 Å². The fourth-order valence-corrected chi connectivity index (χ4v) is 3.01. The quantitative estimate of drug-likeness (QED) is 0.673. The maximum absolute atomic E-state index is 9.93. The summed E-state index contributed by atoms with van der Waals surface area (Å²) in [5.74, 6) is 1.49. The summed E-state index contributed by atoms with van der Waals surface area (Å²) in [6.07, 6.45) is 1.66. The Hall–Kier alpha value is -0.0800. The Morgan fingerprint density at radius 2 is 1.85 bits per heavy atom. The third kappa shape index (κ3) is 1.15. The lowest BCUT2D eigenvalue weighted by Gasteiger charge is -2.36. The molecule has 0 aliphatic heterocycles. The molecule has 0 bridgehead atoms. The van der Waals surface area contributed by atoms with Crippen molar-refractivity contribution < 1.29 is 9.84 Å². The van der Waals surface area contributed by atoms with Crippen molar-refractivity contribution >= 4 is 0 Å². The summed E-state index contributed by atoms with van der Waals surface area (Å²) in [7, 11) is 1.71. The van der Waals surface area contributed by atoms with Crippen molar-refractivity contribution in [3.8, 4) is 0 Å². The summed E-state index contributed by atoms with van der Waals surface area (Å²) in [4.78, 5) is 0. The van der Waals surface area contributed by atoms with Crippen molar-refractivity contribution in [3.05, 3.63) is 0 Å². The minimum absolute atomic E-state index is 0.277. The molecule has 0 radical (unpaired) electrons. The second kappa shape index (κ2) is 2.48. The monoisotopic (exact) mass is 184 g/mol. The fourth-order valence-electron chi connectivity index (χ4n) is 3.01. The number of aliphatic hydroxyl groups excluding tert-OH is 1. The zero-order valence-electron chi connectivity index (χ0n) is 9.00. The van der Waals surface area contributed by atoms with Gasteiger partial charge >= 0.3 is 0 Å². The van der Waals surface area contributed by atoms with E-state index in [0.717, 1.165) is 24.7 Å². The molecular weight excluding hydrogens is 164 g/mol. The van der Waals surface area contributed by atoms with Gasteiger partial charge < -0.3 is 9.84 Å². The first-order valence-corrected chi connectivity index (χ1v) is 5.15. The van der Waals surface area contributed by atoms with Gasteiger partial charge in [-0.05, 0) is 37.0 Å². The molecule has 0 amide bonds. The van der Waals surface area contributed by atoms with Crippen molar-refractivity contribution in [2.45, 2.75) is 45.3 Å². The molecule has 2 saturated carbocycles. The molecule has 4 unspecified atom stereocenters. The summed E-state index contributed by atoms with van der Waals surface area (Å²) in [6.45, 7) is 6.63. The maximum atomic E-state index is 9.93. The average molecular weight is 184 g/mol. The van der Waals surface area contributed by atoms with Crippen molar-refractivity contribution in [1.29, 1.82) is 0 Å². The topological polar surface area (TPSA) is 29.5 Å². The van der Waals surface area contributed by atoms with Crippen LogP contribution in [-0.4, -0.2) is 23.9 Å². The van der Waals surface area contributed by atoms with Crippen LogP contribution in [0.3, 0.4) is 0 Å². The number of fused-ring (bicyclic) bond motifs is 1. The first kappa shape index (κ1) is 9.47. The molecule has 2 fully saturated rings. The van der Waals surface area contributed by atoms with Crippen LogP contribution in [0.5, 0.6) is 0 Å². The van der Waals surface area contributed by atoms with E-state index >= 15 is 0 Å². The molecule has 0 spiro atoms. The SMILES string of the molecule is COC1(C)CC2C(CC1O)C2(C)C. The predicted octanol–water partition coefficient (Wildman–Crippen LogP) is 1.82. The van der Waals surface area contributed by atoms with Gasteiger partial charge in [0.2, 0.25) is 0 Å². The molecule has 2 rings (SSSR count). The van der Waals surface area contributed by atoms with Crippen molar-refractivity contribution in [2.24, 2.45) is 17.3 Å². The van der Waals surface area contributed by atoms with Crippen LogP contribution in [0.2, 0.25) is 0 Å². The van der Waals surface area contributed by atoms with Crippen LogP contribution in [0, 0.1) is 17.3 Å². The lowest BCUT2D eigenvalue weighted by molar-refractivity contribution is -0.114. The molecule has 0 aromatic rings. The van der Waals surface area contributed by atoms with Crippen LogP contribution < -0.4 is 0 Å². The number of methoxy groups -OCH3 is 1. The van der Waals surface area contributed by atoms with Gasteiger partial charge in [0.15, 0.2) is 0 Å². The minimum atomic E-state index is -0.297. The molecule has 76 valence electrons. The molecular formula is C11H20O2. The van der Waals surface area contributed by atoms with E-state index in [1.165, 1.54) is 0 Å². The van der Waals surface area contributed by atoms with Crippen LogP contribution in [0.25, 0.3) is 0 Å². The van der Waals surface area contributed by atoms with Gasteiger partial charge in [0, 0.05) is 7.11 Å². The van der Waals surface area contributed by atoms with Crippen LogP contribution >= 0.6 is 0 Å². The molecule has 2 aliphatic rings. The summed E-state index contributed by atoms with van der Waals surface area (Å²) in [5.41, 5.74) is 0.145. The zero-order valence-corrected chi connectivity index (χ0v) is 9.00. The molecule has 2 heteroatoms. The second-order valence-electron chi connectivity index (χ2n) is 5.51. The molecule has 4 atom stereocenters. The average Bonchev–Trinajstić information content (AvgIpc) is 2.56. The number of ether oxygens (including phenoxy) is 1. The number of hydrogen-bond donors (Lipinski definition) is 1. The van der Waals surface area contributed by atoms with E-state index in [2.05, 4.69) is 13.8 Å². The normalized spacial score (nSPS) is 52.8. The highest BCUT2D eigenvalue weighted by Gasteiger charge is 2.64. The van der Waals surface area contributed by atoms with Crippen LogP contribution in [-0.2, 0) is 4.74 Å². The molecule has 1 N–H and O–H groups in total. The van der Waals surface area contributed by atoms with Crippen molar-refractivity contribution in [3.63, 3.8) is 0 Å². The van der Waals surface area contributed by atoms with E-state index in [9.17, 15) is 5.11 Å². The van der Waals surface area contributed by atoms with Gasteiger partial charge in [0.1, 0.15) is 0 Å². The molecule has 2 nitrogen and oxygen atoms in total. The lowest BCUT2D eigenvalue weighted by Crippen LogP contribution is -2.44. The molecule has 0 heterocycles. The van der Waals surface area contributed by atoms with Crippen LogP contribution in [0.4, 0.5) is 0 Å². The Morgan fingerprint density at radius 1 is 1.23 bits per heavy atom. The summed E-state index contributed by atoms with van der Waals surface area (Å²) in [5, 5.41) is 9.93. The standard InChI is InChI=1S/C11H20O2/c1-10(2)7-5-9(12)11(3,13-4)6-8(7)10/h7-9,12H,5-6H2,1-4H3. The highest BCUT2D eigenvalue weighted by Crippen LogP contribution is 2.66. The van der Waals surface area contributed by atoms with Gasteiger partial charge in [-0.25, -0.2) is 0 Å². The van der Waals surface area contributed by atoms with Gasteiger partial charge in [-0.1, -0.05) is 13.8 Å². The Kier molecular flexibility index (Phi) is 1.81. The van der Waals surface area contributed by atoms with Gasteiger partial charge in [0.05, 0.1) is 11.7 Å². The van der Waals surface area contributed by atoms with Gasteiger partial charge in [0.25, 0.3) is 0 Å². The zero-order chi connectivity index (χ0) is 9.85. The van der Waals surface area contributed by atoms with E-state index < -0.39 is 0 Å². The third-order valence-electron chi connectivity index (χ3n) is 4.56. The molecule has 13 heavy (non-hydrogen) atoms. The molecule has 2 aliphatic carbocycles. The number of aliphatic hydroxyl groups is 1. The highest BCUT2D eigenvalue weighted by atomic mass is 16.5. The first-order chi connectivity index (χ1) is 5.92. The second-order valence-corrected chi connectivity index (χ2v) is 5.51. The molecule has 0 saturated heterocycles. The Balaban J connectivity index is 2.13. The number of rotatable bonds is 1. The Bertz CT molecular complexity index is 224. The van der Waals surface area contributed by atoms with E-state index in [0.29, 0.717) is 5.41 Å². The van der Waals surface area contributed by atoms with E-state index in [4.69, 9.17) is 4.74 Å². The highest BCUT2D eigenvalue weighted by molar-refractivity contribution is 5.13. The minimum Gasteiger partial charge on any atom is -0.390 e. The van der Waals surface area contributed by atoms with Crippen LogP contribution in [0.15, 0.2) is 0 Å². The van der Waals surface area contributed by atoms with Gasteiger partial charge in [-0.15, -0.1) is 0 Å². The van der Waals surface area contributed by atoms with Crippen LogP contribution in [0.1, 0.15) is 33.6 Å². The maximum Gasteiger partial charge on any atom is 0.0911 e. The van der Waals surface area contributed by atoms with E-state index in [-0.39, 0.29) is 11.7 Å². The van der Waals surface area contributed by atoms with Gasteiger partial charge in [-0.3, -0.25) is 0 Å². The summed E-state index contributed by atoms with van der Waals surface area (Å²) in [6, 6.07) is 0. The van der Waals surface area contributed by atoms with Crippen molar-refractivity contribution in [2.75, 3.05) is 7.11 Å². The van der Waals surface area contributed by atoms with Gasteiger partial charge in [-0.2, -0.15) is 0 Å². The Labute approximate surface area is 80.3 Å². The lowest BCUT2D eigenvalue weighted by atomic mass is 9.83. The summed E-state index contributed by atoms with van der Waals surface area (Å²) >= 11 is 0. The molecule has 0 aromatic carbocycles. The predicted molar refractivity (Wildman–Crippen MR) is 51.4 cm³/mol. The smallest absolute Gasteiger partial charge is 0.0911 e. The van der Waals surface area contributed by atoms with Crippen molar-refractivity contribution in [1.82, 2.24) is 0 Å². The first-order valence-electron chi connectivity index (χ1n) is 5.15. The number of hydrogen-bond acceptors (Lipinski definition) is 2.